The first-order chi connectivity index (χ1) is 14.8. The zero-order valence-electron chi connectivity index (χ0n) is 17.5. The SMILES string of the molecule is CN(Cc1ccccc1)C(=O)C1CCCN(S(=O)(=O)c2ccc3c(c2)oc(=O)n3C)C1. The lowest BCUT2D eigenvalue weighted by atomic mass is 9.98. The molecule has 1 amide bonds. The van der Waals surface area contributed by atoms with Gasteiger partial charge in [-0.15, -0.1) is 0 Å². The minimum atomic E-state index is -3.82. The third-order valence-electron chi connectivity index (χ3n) is 5.77. The second-order valence-electron chi connectivity index (χ2n) is 7.94. The first kappa shape index (κ1) is 21.3. The van der Waals surface area contributed by atoms with Crippen LogP contribution in [-0.2, 0) is 28.4 Å². The molecule has 2 aromatic carbocycles. The maximum atomic E-state index is 13.2. The Bertz CT molecular complexity index is 1260. The molecule has 0 spiro atoms. The average Bonchev–Trinajstić information content (AvgIpc) is 3.07. The molecular formula is C22H25N3O5S. The van der Waals surface area contributed by atoms with Crippen LogP contribution >= 0.6 is 0 Å². The maximum absolute atomic E-state index is 13.2. The van der Waals surface area contributed by atoms with Crippen LogP contribution in [0, 0.1) is 5.92 Å². The minimum absolute atomic E-state index is 0.0556. The zero-order chi connectivity index (χ0) is 22.2. The van der Waals surface area contributed by atoms with Gasteiger partial charge in [-0.25, -0.2) is 13.2 Å². The molecule has 1 aliphatic heterocycles. The summed E-state index contributed by atoms with van der Waals surface area (Å²) in [5.74, 6) is -1.00. The molecule has 1 unspecified atom stereocenters. The number of aryl methyl sites for hydroxylation is 1. The van der Waals surface area contributed by atoms with E-state index in [0.717, 1.165) is 5.56 Å². The Hall–Kier alpha value is -2.91. The Morgan fingerprint density at radius 2 is 1.94 bits per heavy atom. The van der Waals surface area contributed by atoms with Gasteiger partial charge < -0.3 is 9.32 Å². The second-order valence-corrected chi connectivity index (χ2v) is 9.88. The molecule has 31 heavy (non-hydrogen) atoms. The van der Waals surface area contributed by atoms with Crippen molar-refractivity contribution in [1.82, 2.24) is 13.8 Å². The largest absolute Gasteiger partial charge is 0.419 e. The fourth-order valence-electron chi connectivity index (χ4n) is 4.03. The number of carbonyl (C=O) groups is 1. The van der Waals surface area contributed by atoms with Crippen LogP contribution in [-0.4, -0.2) is 48.2 Å². The number of amides is 1. The van der Waals surface area contributed by atoms with Crippen molar-refractivity contribution in [2.75, 3.05) is 20.1 Å². The molecule has 1 atom stereocenters. The van der Waals surface area contributed by atoms with Gasteiger partial charge in [0.15, 0.2) is 5.58 Å². The fraction of sp³-hybridized carbons (Fsp3) is 0.364. The van der Waals surface area contributed by atoms with E-state index in [4.69, 9.17) is 4.42 Å². The first-order valence-corrected chi connectivity index (χ1v) is 11.6. The molecule has 0 bridgehead atoms. The summed E-state index contributed by atoms with van der Waals surface area (Å²) >= 11 is 0. The number of hydrogen-bond donors (Lipinski definition) is 0. The zero-order valence-corrected chi connectivity index (χ0v) is 18.3. The van der Waals surface area contributed by atoms with Gasteiger partial charge in [-0.3, -0.25) is 9.36 Å². The summed E-state index contributed by atoms with van der Waals surface area (Å²) in [6.45, 7) is 0.967. The first-order valence-electron chi connectivity index (χ1n) is 10.2. The Morgan fingerprint density at radius 3 is 2.68 bits per heavy atom. The summed E-state index contributed by atoms with van der Waals surface area (Å²) in [5, 5.41) is 0. The van der Waals surface area contributed by atoms with Gasteiger partial charge in [0, 0.05) is 39.8 Å². The molecule has 4 rings (SSSR count). The molecule has 2 heterocycles. The van der Waals surface area contributed by atoms with E-state index in [9.17, 15) is 18.0 Å². The number of sulfonamides is 1. The van der Waals surface area contributed by atoms with E-state index < -0.39 is 21.7 Å². The Kier molecular flexibility index (Phi) is 5.72. The molecule has 0 N–H and O–H groups in total. The summed E-state index contributed by atoms with van der Waals surface area (Å²) in [7, 11) is -0.508. The number of benzene rings is 2. The van der Waals surface area contributed by atoms with Crippen LogP contribution in [0.2, 0.25) is 0 Å². The van der Waals surface area contributed by atoms with E-state index in [0.29, 0.717) is 31.4 Å². The van der Waals surface area contributed by atoms with Crippen molar-refractivity contribution in [2.45, 2.75) is 24.3 Å². The third kappa shape index (κ3) is 4.15. The minimum Gasteiger partial charge on any atom is -0.408 e. The summed E-state index contributed by atoms with van der Waals surface area (Å²) in [6, 6.07) is 14.1. The Labute approximate surface area is 180 Å². The number of oxazole rings is 1. The van der Waals surface area contributed by atoms with Crippen LogP contribution in [0.4, 0.5) is 0 Å². The van der Waals surface area contributed by atoms with Crippen LogP contribution in [0.1, 0.15) is 18.4 Å². The van der Waals surface area contributed by atoms with Gasteiger partial charge in [0.05, 0.1) is 16.3 Å². The van der Waals surface area contributed by atoms with E-state index in [1.807, 2.05) is 30.3 Å². The van der Waals surface area contributed by atoms with E-state index >= 15 is 0 Å². The van der Waals surface area contributed by atoms with Gasteiger partial charge in [0.2, 0.25) is 15.9 Å². The van der Waals surface area contributed by atoms with Gasteiger partial charge in [0.25, 0.3) is 0 Å². The van der Waals surface area contributed by atoms with Crippen molar-refractivity contribution in [2.24, 2.45) is 13.0 Å². The Morgan fingerprint density at radius 1 is 1.19 bits per heavy atom. The van der Waals surface area contributed by atoms with Gasteiger partial charge >= 0.3 is 5.76 Å². The van der Waals surface area contributed by atoms with Gasteiger partial charge in [0.1, 0.15) is 0 Å². The number of carbonyl (C=O) groups excluding carboxylic acids is 1. The monoisotopic (exact) mass is 443 g/mol. The van der Waals surface area contributed by atoms with Crippen LogP contribution in [0.25, 0.3) is 11.1 Å². The number of piperidine rings is 1. The molecule has 1 aromatic heterocycles. The second kappa shape index (κ2) is 8.32. The van der Waals surface area contributed by atoms with Crippen molar-refractivity contribution >= 4 is 27.0 Å². The topological polar surface area (TPSA) is 92.8 Å². The lowest BCUT2D eigenvalue weighted by molar-refractivity contribution is -0.135. The summed E-state index contributed by atoms with van der Waals surface area (Å²) in [5.41, 5.74) is 1.77. The van der Waals surface area contributed by atoms with E-state index in [-0.39, 0.29) is 22.9 Å². The smallest absolute Gasteiger partial charge is 0.408 e. The van der Waals surface area contributed by atoms with Crippen LogP contribution < -0.4 is 5.76 Å². The maximum Gasteiger partial charge on any atom is 0.419 e. The molecule has 0 radical (unpaired) electrons. The van der Waals surface area contributed by atoms with Crippen molar-refractivity contribution in [3.8, 4) is 0 Å². The summed E-state index contributed by atoms with van der Waals surface area (Å²) < 4.78 is 34.3. The van der Waals surface area contributed by atoms with E-state index in [2.05, 4.69) is 0 Å². The normalized spacial score (nSPS) is 17.7. The van der Waals surface area contributed by atoms with Crippen LogP contribution in [0.5, 0.6) is 0 Å². The molecule has 1 fully saturated rings. The lowest BCUT2D eigenvalue weighted by Crippen LogP contribution is -2.45. The van der Waals surface area contributed by atoms with Crippen molar-refractivity contribution < 1.29 is 17.6 Å². The molecule has 164 valence electrons. The number of aromatic nitrogens is 1. The van der Waals surface area contributed by atoms with Gasteiger partial charge in [-0.2, -0.15) is 4.31 Å². The highest BCUT2D eigenvalue weighted by atomic mass is 32.2. The molecule has 1 saturated heterocycles. The van der Waals surface area contributed by atoms with Crippen molar-refractivity contribution in [3.63, 3.8) is 0 Å². The molecule has 0 saturated carbocycles. The van der Waals surface area contributed by atoms with E-state index in [1.54, 1.807) is 25.1 Å². The quantitative estimate of drug-likeness (QED) is 0.603. The van der Waals surface area contributed by atoms with Crippen LogP contribution in [0.15, 0.2) is 62.6 Å². The highest BCUT2D eigenvalue weighted by Gasteiger charge is 2.34. The Balaban J connectivity index is 1.52. The van der Waals surface area contributed by atoms with Crippen molar-refractivity contribution in [1.29, 1.82) is 0 Å². The van der Waals surface area contributed by atoms with Gasteiger partial charge in [-0.05, 0) is 30.5 Å². The highest BCUT2D eigenvalue weighted by Crippen LogP contribution is 2.27. The summed E-state index contributed by atoms with van der Waals surface area (Å²) in [4.78, 5) is 26.4. The molecule has 3 aromatic rings. The standard InChI is InChI=1S/C22H25N3O5S/c1-23(14-16-7-4-3-5-8-16)21(26)17-9-6-12-25(15-17)31(28,29)18-10-11-19-20(13-18)30-22(27)24(19)2/h3-5,7-8,10-11,13,17H,6,9,12,14-15H2,1-2H3. The van der Waals surface area contributed by atoms with Crippen LogP contribution in [0.3, 0.4) is 0 Å². The molecule has 8 nitrogen and oxygen atoms in total. The number of rotatable bonds is 5. The fourth-order valence-corrected chi connectivity index (χ4v) is 5.57. The van der Waals surface area contributed by atoms with Crippen molar-refractivity contribution in [3.05, 3.63) is 64.6 Å². The molecule has 9 heteroatoms. The number of nitrogens with zero attached hydrogens (tertiary/aromatic N) is 3. The lowest BCUT2D eigenvalue weighted by Gasteiger charge is -2.33. The highest BCUT2D eigenvalue weighted by molar-refractivity contribution is 7.89. The summed E-state index contributed by atoms with van der Waals surface area (Å²) in [6.07, 6.45) is 1.26. The number of hydrogen-bond acceptors (Lipinski definition) is 5. The van der Waals surface area contributed by atoms with E-state index in [1.165, 1.54) is 21.0 Å². The predicted octanol–water partition coefficient (Wildman–Crippen LogP) is 2.19. The molecular weight excluding hydrogens is 418 g/mol. The average molecular weight is 444 g/mol. The predicted molar refractivity (Wildman–Crippen MR) is 116 cm³/mol. The third-order valence-corrected chi connectivity index (χ3v) is 7.63. The van der Waals surface area contributed by atoms with Gasteiger partial charge in [-0.1, -0.05) is 30.3 Å². The molecule has 1 aliphatic rings. The number of fused-ring (bicyclic) bond motifs is 1. The molecule has 0 aliphatic carbocycles.